The van der Waals surface area contributed by atoms with Crippen LogP contribution < -0.4 is 10.1 Å². The highest BCUT2D eigenvalue weighted by atomic mass is 35.5. The van der Waals surface area contributed by atoms with Gasteiger partial charge >= 0.3 is 0 Å². The Balaban J connectivity index is 1.69. The summed E-state index contributed by atoms with van der Waals surface area (Å²) in [6.07, 6.45) is 5.92. The number of carbonyl (C=O) groups excluding carboxylic acids is 1. The maximum Gasteiger partial charge on any atom is 0.253 e. The van der Waals surface area contributed by atoms with Crippen LogP contribution in [0.2, 0.25) is 10.3 Å². The second-order valence-electron chi connectivity index (χ2n) is 6.38. The maximum absolute atomic E-state index is 12.5. The number of amides is 1. The van der Waals surface area contributed by atoms with E-state index in [1.54, 1.807) is 18.2 Å². The van der Waals surface area contributed by atoms with E-state index in [0.717, 1.165) is 19.3 Å². The maximum atomic E-state index is 12.5. The molecule has 1 amide bonds. The zero-order valence-electron chi connectivity index (χ0n) is 14.0. The number of halogens is 2. The number of ether oxygens (including phenoxy) is 1. The lowest BCUT2D eigenvalue weighted by molar-refractivity contribution is 0.00526. The van der Waals surface area contributed by atoms with E-state index in [1.165, 1.54) is 12.3 Å². The number of benzene rings is 1. The van der Waals surface area contributed by atoms with Gasteiger partial charge in [0.2, 0.25) is 11.2 Å². The van der Waals surface area contributed by atoms with E-state index in [2.05, 4.69) is 15.3 Å². The first kappa shape index (κ1) is 18.9. The van der Waals surface area contributed by atoms with Gasteiger partial charge in [0.15, 0.2) is 0 Å². The molecular weight excluding hydrogens is 377 g/mol. The minimum absolute atomic E-state index is 0.0650. The van der Waals surface area contributed by atoms with Crippen LogP contribution in [-0.4, -0.2) is 33.1 Å². The van der Waals surface area contributed by atoms with Crippen LogP contribution in [0, 0.1) is 0 Å². The second kappa shape index (κ2) is 8.20. The third-order valence-electron chi connectivity index (χ3n) is 4.37. The molecule has 0 spiro atoms. The highest BCUT2D eigenvalue weighted by Gasteiger charge is 2.29. The predicted octanol–water partition coefficient (Wildman–Crippen LogP) is 4.00. The number of carbonyl (C=O) groups is 1. The summed E-state index contributed by atoms with van der Waals surface area (Å²) in [6.45, 7) is 0.203. The summed E-state index contributed by atoms with van der Waals surface area (Å²) in [7, 11) is 0. The third kappa shape index (κ3) is 4.84. The Bertz CT molecular complexity index is 795. The summed E-state index contributed by atoms with van der Waals surface area (Å²) in [6, 6.07) is 6.28. The average molecular weight is 396 g/mol. The lowest BCUT2D eigenvalue weighted by atomic mass is 9.85. The number of aliphatic hydroxyl groups is 1. The monoisotopic (exact) mass is 395 g/mol. The minimum atomic E-state index is -0.841. The fraction of sp³-hybridized carbons (Fsp3) is 0.389. The van der Waals surface area contributed by atoms with Gasteiger partial charge in [0.25, 0.3) is 5.91 Å². The van der Waals surface area contributed by atoms with Crippen molar-refractivity contribution in [2.75, 3.05) is 6.54 Å². The van der Waals surface area contributed by atoms with Gasteiger partial charge in [-0.2, -0.15) is 4.98 Å². The Morgan fingerprint density at radius 2 is 2.00 bits per heavy atom. The van der Waals surface area contributed by atoms with Crippen LogP contribution in [0.3, 0.4) is 0 Å². The van der Waals surface area contributed by atoms with Crippen molar-refractivity contribution in [3.8, 4) is 11.6 Å². The molecule has 3 rings (SSSR count). The van der Waals surface area contributed by atoms with Crippen molar-refractivity contribution in [1.29, 1.82) is 0 Å². The molecule has 138 valence electrons. The van der Waals surface area contributed by atoms with E-state index in [-0.39, 0.29) is 29.2 Å². The fourth-order valence-corrected chi connectivity index (χ4v) is 3.31. The predicted molar refractivity (Wildman–Crippen MR) is 98.9 cm³/mol. The number of rotatable bonds is 5. The van der Waals surface area contributed by atoms with Crippen LogP contribution >= 0.6 is 23.2 Å². The van der Waals surface area contributed by atoms with Gasteiger partial charge in [-0.15, -0.1) is 0 Å². The molecule has 26 heavy (non-hydrogen) atoms. The molecule has 1 heterocycles. The zero-order chi connectivity index (χ0) is 18.6. The Labute approximate surface area is 161 Å². The van der Waals surface area contributed by atoms with Crippen LogP contribution in [0.15, 0.2) is 30.5 Å². The van der Waals surface area contributed by atoms with E-state index < -0.39 is 5.60 Å². The molecule has 1 saturated carbocycles. The van der Waals surface area contributed by atoms with Crippen LogP contribution in [0.4, 0.5) is 0 Å². The van der Waals surface area contributed by atoms with E-state index in [4.69, 9.17) is 27.9 Å². The molecule has 6 nitrogen and oxygen atoms in total. The Hall–Kier alpha value is -1.89. The first-order valence-electron chi connectivity index (χ1n) is 8.42. The van der Waals surface area contributed by atoms with Gasteiger partial charge < -0.3 is 15.2 Å². The average Bonchev–Trinajstić information content (AvgIpc) is 2.62. The number of nitrogens with one attached hydrogen (secondary N) is 1. The number of aromatic nitrogens is 2. The molecule has 0 radical (unpaired) electrons. The van der Waals surface area contributed by atoms with Gasteiger partial charge in [0.1, 0.15) is 5.75 Å². The summed E-state index contributed by atoms with van der Waals surface area (Å²) in [4.78, 5) is 20.2. The molecule has 1 aliphatic carbocycles. The lowest BCUT2D eigenvalue weighted by Crippen LogP contribution is -2.44. The van der Waals surface area contributed by atoms with Gasteiger partial charge in [-0.05, 0) is 42.6 Å². The molecular formula is C18H19Cl2N3O3. The van der Waals surface area contributed by atoms with Crippen molar-refractivity contribution in [2.45, 2.75) is 37.7 Å². The standard InChI is InChI=1S/C18H19Cl2N3O3/c19-14-5-4-12(26-15-6-9-21-17(20)23-15)10-13(14)16(24)22-11-18(25)7-2-1-3-8-18/h4-6,9-10,25H,1-3,7-8,11H2,(H,22,24). The van der Waals surface area contributed by atoms with Crippen molar-refractivity contribution in [3.63, 3.8) is 0 Å². The SMILES string of the molecule is O=C(NCC1(O)CCCCC1)c1cc(Oc2ccnc(Cl)n2)ccc1Cl. The normalized spacial score (nSPS) is 16.1. The molecule has 2 N–H and O–H groups in total. The second-order valence-corrected chi connectivity index (χ2v) is 7.12. The molecule has 0 atom stereocenters. The van der Waals surface area contributed by atoms with Crippen molar-refractivity contribution in [2.24, 2.45) is 0 Å². The lowest BCUT2D eigenvalue weighted by Gasteiger charge is -2.32. The van der Waals surface area contributed by atoms with Crippen LogP contribution in [0.1, 0.15) is 42.5 Å². The van der Waals surface area contributed by atoms with Crippen LogP contribution in [-0.2, 0) is 0 Å². The topological polar surface area (TPSA) is 84.3 Å². The number of nitrogens with zero attached hydrogens (tertiary/aromatic N) is 2. The molecule has 0 aliphatic heterocycles. The van der Waals surface area contributed by atoms with E-state index in [9.17, 15) is 9.90 Å². The Morgan fingerprint density at radius 1 is 1.23 bits per heavy atom. The van der Waals surface area contributed by atoms with Crippen molar-refractivity contribution >= 4 is 29.1 Å². The summed E-state index contributed by atoms with van der Waals surface area (Å²) in [5.74, 6) is 0.293. The minimum Gasteiger partial charge on any atom is -0.439 e. The number of hydrogen-bond acceptors (Lipinski definition) is 5. The molecule has 0 bridgehead atoms. The van der Waals surface area contributed by atoms with E-state index in [0.29, 0.717) is 23.6 Å². The van der Waals surface area contributed by atoms with Crippen LogP contribution in [0.5, 0.6) is 11.6 Å². The van der Waals surface area contributed by atoms with Gasteiger partial charge in [-0.3, -0.25) is 4.79 Å². The molecule has 1 fully saturated rings. The zero-order valence-corrected chi connectivity index (χ0v) is 15.6. The summed E-state index contributed by atoms with van der Waals surface area (Å²) < 4.78 is 5.60. The molecule has 1 aromatic carbocycles. The molecule has 0 saturated heterocycles. The summed E-state index contributed by atoms with van der Waals surface area (Å²) >= 11 is 11.9. The summed E-state index contributed by atoms with van der Waals surface area (Å²) in [5.41, 5.74) is -0.574. The highest BCUT2D eigenvalue weighted by molar-refractivity contribution is 6.33. The molecule has 1 aromatic heterocycles. The fourth-order valence-electron chi connectivity index (χ4n) is 2.97. The third-order valence-corrected chi connectivity index (χ3v) is 4.88. The van der Waals surface area contributed by atoms with Crippen LogP contribution in [0.25, 0.3) is 0 Å². The smallest absolute Gasteiger partial charge is 0.253 e. The molecule has 1 aliphatic rings. The van der Waals surface area contributed by atoms with Gasteiger partial charge in [-0.1, -0.05) is 30.9 Å². The first-order chi connectivity index (χ1) is 12.5. The van der Waals surface area contributed by atoms with E-state index in [1.807, 2.05) is 0 Å². The van der Waals surface area contributed by atoms with Gasteiger partial charge in [-0.25, -0.2) is 4.98 Å². The van der Waals surface area contributed by atoms with Gasteiger partial charge in [0.05, 0.1) is 16.2 Å². The largest absolute Gasteiger partial charge is 0.439 e. The first-order valence-corrected chi connectivity index (χ1v) is 9.17. The summed E-state index contributed by atoms with van der Waals surface area (Å²) in [5, 5.41) is 13.6. The highest BCUT2D eigenvalue weighted by Crippen LogP contribution is 2.28. The van der Waals surface area contributed by atoms with Crippen molar-refractivity contribution < 1.29 is 14.6 Å². The van der Waals surface area contributed by atoms with E-state index >= 15 is 0 Å². The molecule has 8 heteroatoms. The molecule has 2 aromatic rings. The Kier molecular flexibility index (Phi) is 5.96. The molecule has 0 unspecified atom stereocenters. The van der Waals surface area contributed by atoms with Gasteiger partial charge in [0, 0.05) is 18.8 Å². The quantitative estimate of drug-likeness (QED) is 0.747. The van der Waals surface area contributed by atoms with Crippen molar-refractivity contribution in [3.05, 3.63) is 46.3 Å². The number of hydrogen-bond donors (Lipinski definition) is 2. The Morgan fingerprint density at radius 3 is 2.73 bits per heavy atom. The van der Waals surface area contributed by atoms with Crippen molar-refractivity contribution in [1.82, 2.24) is 15.3 Å².